The van der Waals surface area contributed by atoms with E-state index in [1.54, 1.807) is 0 Å². The highest BCUT2D eigenvalue weighted by atomic mass is 19.1. The first kappa shape index (κ1) is 10.5. The summed E-state index contributed by atoms with van der Waals surface area (Å²) in [4.78, 5) is 13.9. The quantitative estimate of drug-likeness (QED) is 0.619. The summed E-state index contributed by atoms with van der Waals surface area (Å²) in [5, 5.41) is 10.7. The number of imidazole rings is 1. The highest BCUT2D eigenvalue weighted by Crippen LogP contribution is 2.21. The lowest BCUT2D eigenvalue weighted by atomic mass is 10.3. The third-order valence-electron chi connectivity index (χ3n) is 2.20. The molecular weight excluding hydrogens is 215 g/mol. The maximum Gasteiger partial charge on any atom is 0.389 e. The molecular formula is C9H9FN4O2. The minimum absolute atomic E-state index is 0.147. The molecule has 0 aliphatic heterocycles. The van der Waals surface area contributed by atoms with Gasteiger partial charge in [-0.05, 0) is 16.0 Å². The van der Waals surface area contributed by atoms with Gasteiger partial charge in [-0.25, -0.2) is 4.39 Å². The Morgan fingerprint density at radius 2 is 2.38 bits per heavy atom. The van der Waals surface area contributed by atoms with E-state index < -0.39 is 10.7 Å². The number of halogens is 1. The van der Waals surface area contributed by atoms with E-state index in [1.165, 1.54) is 16.7 Å². The number of hydrogen-bond donors (Lipinski definition) is 1. The molecule has 0 saturated heterocycles. The lowest BCUT2D eigenvalue weighted by Gasteiger charge is -1.95. The predicted octanol–water partition coefficient (Wildman–Crippen LogP) is 0.883. The van der Waals surface area contributed by atoms with Gasteiger partial charge in [0.1, 0.15) is 11.3 Å². The SMILES string of the molecule is NCCc1nc([N+](=O)[O-])c2cc(F)ccn12. The van der Waals surface area contributed by atoms with Crippen LogP contribution in [0.15, 0.2) is 18.3 Å². The first-order valence-corrected chi connectivity index (χ1v) is 4.64. The maximum atomic E-state index is 13.0. The monoisotopic (exact) mass is 224 g/mol. The van der Waals surface area contributed by atoms with E-state index >= 15 is 0 Å². The number of fused-ring (bicyclic) bond motifs is 1. The number of nitrogens with two attached hydrogens (primary N) is 1. The second-order valence-electron chi connectivity index (χ2n) is 3.25. The number of pyridine rings is 1. The molecule has 7 heteroatoms. The van der Waals surface area contributed by atoms with E-state index in [9.17, 15) is 14.5 Å². The molecule has 0 bridgehead atoms. The molecule has 0 aliphatic rings. The van der Waals surface area contributed by atoms with E-state index in [2.05, 4.69) is 4.98 Å². The molecule has 0 aromatic carbocycles. The van der Waals surface area contributed by atoms with Gasteiger partial charge in [-0.15, -0.1) is 0 Å². The van der Waals surface area contributed by atoms with Crippen LogP contribution in [0.2, 0.25) is 0 Å². The number of rotatable bonds is 3. The molecule has 0 spiro atoms. The van der Waals surface area contributed by atoms with Crippen LogP contribution in [0.1, 0.15) is 5.82 Å². The summed E-state index contributed by atoms with van der Waals surface area (Å²) in [6.07, 6.45) is 1.82. The fraction of sp³-hybridized carbons (Fsp3) is 0.222. The van der Waals surface area contributed by atoms with Crippen LogP contribution in [-0.2, 0) is 6.42 Å². The Kier molecular flexibility index (Phi) is 2.53. The molecule has 0 saturated carbocycles. The van der Waals surface area contributed by atoms with Crippen LogP contribution < -0.4 is 5.73 Å². The third kappa shape index (κ3) is 1.61. The topological polar surface area (TPSA) is 86.5 Å². The van der Waals surface area contributed by atoms with Crippen molar-refractivity contribution in [3.05, 3.63) is 40.1 Å². The zero-order valence-electron chi connectivity index (χ0n) is 8.26. The molecule has 0 radical (unpaired) electrons. The van der Waals surface area contributed by atoms with Crippen LogP contribution in [-0.4, -0.2) is 20.9 Å². The van der Waals surface area contributed by atoms with Crippen LogP contribution in [0.3, 0.4) is 0 Å². The van der Waals surface area contributed by atoms with Crippen LogP contribution in [0.4, 0.5) is 10.2 Å². The molecule has 16 heavy (non-hydrogen) atoms. The van der Waals surface area contributed by atoms with Crippen LogP contribution in [0.25, 0.3) is 5.52 Å². The van der Waals surface area contributed by atoms with Gasteiger partial charge in [-0.1, -0.05) is 0 Å². The standard InChI is InChI=1S/C9H9FN4O2/c10-6-2-4-13-7(5-6)9(14(15)16)12-8(13)1-3-11/h2,4-5H,1,3,11H2. The Hall–Kier alpha value is -2.02. The highest BCUT2D eigenvalue weighted by Gasteiger charge is 2.21. The van der Waals surface area contributed by atoms with Crippen molar-refractivity contribution in [2.75, 3.05) is 6.54 Å². The summed E-state index contributed by atoms with van der Waals surface area (Å²) in [5.74, 6) is -0.415. The van der Waals surface area contributed by atoms with Gasteiger partial charge in [0.25, 0.3) is 0 Å². The van der Waals surface area contributed by atoms with E-state index in [4.69, 9.17) is 5.73 Å². The van der Waals surface area contributed by atoms with Crippen molar-refractivity contribution in [3.8, 4) is 0 Å². The van der Waals surface area contributed by atoms with E-state index in [0.29, 0.717) is 18.8 Å². The van der Waals surface area contributed by atoms with E-state index in [1.807, 2.05) is 0 Å². The second-order valence-corrected chi connectivity index (χ2v) is 3.25. The molecule has 0 amide bonds. The van der Waals surface area contributed by atoms with Gasteiger partial charge in [-0.2, -0.15) is 0 Å². The van der Waals surface area contributed by atoms with Crippen LogP contribution in [0.5, 0.6) is 0 Å². The minimum atomic E-state index is -0.630. The summed E-state index contributed by atoms with van der Waals surface area (Å²) in [6, 6.07) is 2.31. The number of aromatic nitrogens is 2. The average Bonchev–Trinajstić information content (AvgIpc) is 2.57. The normalized spacial score (nSPS) is 10.9. The number of nitrogens with zero attached hydrogens (tertiary/aromatic N) is 3. The van der Waals surface area contributed by atoms with Crippen molar-refractivity contribution >= 4 is 11.3 Å². The van der Waals surface area contributed by atoms with E-state index in [0.717, 1.165) is 6.07 Å². The Labute approximate surface area is 89.7 Å². The fourth-order valence-electron chi connectivity index (χ4n) is 1.54. The Bertz CT molecular complexity index is 552. The molecule has 6 nitrogen and oxygen atoms in total. The molecule has 2 heterocycles. The third-order valence-corrected chi connectivity index (χ3v) is 2.20. The first-order chi connectivity index (χ1) is 7.63. The minimum Gasteiger partial charge on any atom is -0.358 e. The molecule has 2 rings (SSSR count). The van der Waals surface area contributed by atoms with Gasteiger partial charge in [0, 0.05) is 25.2 Å². The molecule has 0 unspecified atom stereocenters. The molecule has 2 aromatic heterocycles. The average molecular weight is 224 g/mol. The van der Waals surface area contributed by atoms with Crippen molar-refractivity contribution in [3.63, 3.8) is 0 Å². The molecule has 0 aliphatic carbocycles. The van der Waals surface area contributed by atoms with E-state index in [-0.39, 0.29) is 11.3 Å². The Balaban J connectivity index is 2.71. The lowest BCUT2D eigenvalue weighted by Crippen LogP contribution is -2.06. The lowest BCUT2D eigenvalue weighted by molar-refractivity contribution is -0.387. The molecule has 0 atom stereocenters. The molecule has 0 fully saturated rings. The zero-order valence-corrected chi connectivity index (χ0v) is 8.26. The summed E-state index contributed by atoms with van der Waals surface area (Å²) in [7, 11) is 0. The smallest absolute Gasteiger partial charge is 0.358 e. The second kappa shape index (κ2) is 3.86. The summed E-state index contributed by atoms with van der Waals surface area (Å²) in [5.41, 5.74) is 5.52. The van der Waals surface area contributed by atoms with Gasteiger partial charge in [0.05, 0.1) is 0 Å². The summed E-state index contributed by atoms with van der Waals surface area (Å²) < 4.78 is 14.5. The van der Waals surface area contributed by atoms with Gasteiger partial charge in [-0.3, -0.25) is 4.40 Å². The predicted molar refractivity (Wildman–Crippen MR) is 54.6 cm³/mol. The van der Waals surface area contributed by atoms with Crippen LogP contribution in [0, 0.1) is 15.9 Å². The van der Waals surface area contributed by atoms with Gasteiger partial charge in [0.15, 0.2) is 0 Å². The van der Waals surface area contributed by atoms with Crippen molar-refractivity contribution in [1.82, 2.24) is 9.38 Å². The number of nitro groups is 1. The zero-order chi connectivity index (χ0) is 11.7. The van der Waals surface area contributed by atoms with Crippen LogP contribution >= 0.6 is 0 Å². The summed E-state index contributed by atoms with van der Waals surface area (Å²) in [6.45, 7) is 0.327. The van der Waals surface area contributed by atoms with Crippen molar-refractivity contribution in [2.45, 2.75) is 6.42 Å². The maximum absolute atomic E-state index is 13.0. The highest BCUT2D eigenvalue weighted by molar-refractivity contribution is 5.62. The van der Waals surface area contributed by atoms with Crippen molar-refractivity contribution < 1.29 is 9.31 Å². The van der Waals surface area contributed by atoms with Crippen molar-refractivity contribution in [2.24, 2.45) is 5.73 Å². The van der Waals surface area contributed by atoms with Gasteiger partial charge >= 0.3 is 5.82 Å². The fourth-order valence-corrected chi connectivity index (χ4v) is 1.54. The first-order valence-electron chi connectivity index (χ1n) is 4.64. The Morgan fingerprint density at radius 1 is 1.62 bits per heavy atom. The summed E-state index contributed by atoms with van der Waals surface area (Å²) >= 11 is 0. The molecule has 2 N–H and O–H groups in total. The largest absolute Gasteiger partial charge is 0.389 e. The van der Waals surface area contributed by atoms with Gasteiger partial charge < -0.3 is 15.8 Å². The molecule has 2 aromatic rings. The Morgan fingerprint density at radius 3 is 3.00 bits per heavy atom. The molecule has 84 valence electrons. The number of hydrogen-bond acceptors (Lipinski definition) is 4. The van der Waals surface area contributed by atoms with Gasteiger partial charge in [0.2, 0.25) is 5.82 Å². The van der Waals surface area contributed by atoms with Crippen molar-refractivity contribution in [1.29, 1.82) is 0 Å².